The molecule has 1 unspecified atom stereocenters. The molecular formula is C21H23N5O5. The maximum atomic E-state index is 13.3. The summed E-state index contributed by atoms with van der Waals surface area (Å²) in [5.74, 6) is 1.36. The van der Waals surface area contributed by atoms with E-state index in [2.05, 4.69) is 4.98 Å². The summed E-state index contributed by atoms with van der Waals surface area (Å²) in [6.07, 6.45) is 1.77. The predicted octanol–water partition coefficient (Wildman–Crippen LogP) is 1.61. The van der Waals surface area contributed by atoms with E-state index in [0.29, 0.717) is 23.0 Å². The molecule has 31 heavy (non-hydrogen) atoms. The van der Waals surface area contributed by atoms with Crippen molar-refractivity contribution in [2.24, 2.45) is 7.05 Å². The largest absolute Gasteiger partial charge is 0.497 e. The van der Waals surface area contributed by atoms with Gasteiger partial charge in [0.15, 0.2) is 16.9 Å². The number of methoxy groups -OCH3 is 2. The Labute approximate surface area is 176 Å². The molecule has 0 saturated heterocycles. The van der Waals surface area contributed by atoms with E-state index < -0.39 is 17.3 Å². The van der Waals surface area contributed by atoms with Crippen molar-refractivity contribution >= 4 is 22.7 Å². The lowest BCUT2D eigenvalue weighted by Gasteiger charge is -2.13. The van der Waals surface area contributed by atoms with Crippen molar-refractivity contribution in [3.05, 3.63) is 50.9 Å². The Morgan fingerprint density at radius 2 is 1.87 bits per heavy atom. The van der Waals surface area contributed by atoms with Crippen LogP contribution in [0.4, 0.5) is 0 Å². The molecule has 0 saturated carbocycles. The summed E-state index contributed by atoms with van der Waals surface area (Å²) in [4.78, 5) is 42.6. The zero-order chi connectivity index (χ0) is 22.6. The van der Waals surface area contributed by atoms with Crippen molar-refractivity contribution in [2.45, 2.75) is 26.8 Å². The topological polar surface area (TPSA) is 102 Å². The molecule has 3 heterocycles. The summed E-state index contributed by atoms with van der Waals surface area (Å²) in [5, 5.41) is 0. The van der Waals surface area contributed by atoms with E-state index in [1.807, 2.05) is 17.6 Å². The molecule has 0 N–H and O–H groups in total. The number of imidazole rings is 2. The highest BCUT2D eigenvalue weighted by Crippen LogP contribution is 2.31. The minimum Gasteiger partial charge on any atom is -0.497 e. The molecule has 4 aromatic rings. The SMILES string of the molecule is COc1ccc(-n2c(C)cn3c4c(=O)n(C(C)C(C)=O)c(=O)n(C)c4nc23)c(OC)c1. The van der Waals surface area contributed by atoms with E-state index in [0.717, 1.165) is 10.3 Å². The Kier molecular flexibility index (Phi) is 4.72. The fourth-order valence-electron chi connectivity index (χ4n) is 3.77. The van der Waals surface area contributed by atoms with Crippen molar-refractivity contribution in [1.29, 1.82) is 0 Å². The molecule has 0 aliphatic heterocycles. The van der Waals surface area contributed by atoms with Gasteiger partial charge in [-0.15, -0.1) is 0 Å². The summed E-state index contributed by atoms with van der Waals surface area (Å²) < 4.78 is 16.5. The molecule has 162 valence electrons. The highest BCUT2D eigenvalue weighted by molar-refractivity contribution is 5.81. The first kappa shape index (κ1) is 20.5. The van der Waals surface area contributed by atoms with Crippen LogP contribution < -0.4 is 20.7 Å². The lowest BCUT2D eigenvalue weighted by molar-refractivity contribution is -0.119. The van der Waals surface area contributed by atoms with Crippen molar-refractivity contribution < 1.29 is 14.3 Å². The molecule has 0 aliphatic carbocycles. The van der Waals surface area contributed by atoms with Crippen LogP contribution in [0.5, 0.6) is 11.5 Å². The highest BCUT2D eigenvalue weighted by atomic mass is 16.5. The van der Waals surface area contributed by atoms with Gasteiger partial charge in [-0.2, -0.15) is 4.98 Å². The smallest absolute Gasteiger partial charge is 0.333 e. The van der Waals surface area contributed by atoms with Crippen LogP contribution in [-0.2, 0) is 11.8 Å². The van der Waals surface area contributed by atoms with Gasteiger partial charge >= 0.3 is 5.69 Å². The molecule has 0 radical (unpaired) electrons. The Hall–Kier alpha value is -3.82. The summed E-state index contributed by atoms with van der Waals surface area (Å²) >= 11 is 0. The molecule has 4 rings (SSSR count). The van der Waals surface area contributed by atoms with Gasteiger partial charge in [-0.1, -0.05) is 0 Å². The van der Waals surface area contributed by atoms with E-state index in [1.165, 1.54) is 25.5 Å². The molecule has 0 bridgehead atoms. The van der Waals surface area contributed by atoms with Crippen LogP contribution in [0, 0.1) is 6.92 Å². The molecule has 0 amide bonds. The standard InChI is InChI=1S/C21H23N5O5/c1-11-10-24-17-18(23(4)21(29)26(19(17)28)12(2)13(3)27)22-20(24)25(11)15-8-7-14(30-5)9-16(15)31-6/h7-10,12H,1-6H3. The number of hydrogen-bond donors (Lipinski definition) is 0. The number of rotatable bonds is 5. The lowest BCUT2D eigenvalue weighted by Crippen LogP contribution is -2.42. The van der Waals surface area contributed by atoms with Gasteiger partial charge in [0.25, 0.3) is 5.56 Å². The van der Waals surface area contributed by atoms with E-state index in [1.54, 1.807) is 36.9 Å². The first-order valence-corrected chi connectivity index (χ1v) is 9.65. The number of ketones is 1. The van der Waals surface area contributed by atoms with Gasteiger partial charge in [0, 0.05) is 25.0 Å². The third-order valence-electron chi connectivity index (χ3n) is 5.58. The number of carbonyl (C=O) groups is 1. The van der Waals surface area contributed by atoms with Crippen molar-refractivity contribution in [3.63, 3.8) is 0 Å². The Balaban J connectivity index is 2.12. The number of aryl methyl sites for hydroxylation is 2. The highest BCUT2D eigenvalue weighted by Gasteiger charge is 2.24. The molecule has 1 aromatic carbocycles. The van der Waals surface area contributed by atoms with Crippen LogP contribution in [0.1, 0.15) is 25.6 Å². The van der Waals surface area contributed by atoms with Crippen LogP contribution in [0.2, 0.25) is 0 Å². The summed E-state index contributed by atoms with van der Waals surface area (Å²) in [6.45, 7) is 4.76. The van der Waals surface area contributed by atoms with Crippen molar-refractivity contribution in [3.8, 4) is 17.2 Å². The fraction of sp³-hybridized carbons (Fsp3) is 0.333. The second-order valence-corrected chi connectivity index (χ2v) is 7.40. The minimum absolute atomic E-state index is 0.222. The van der Waals surface area contributed by atoms with Crippen LogP contribution >= 0.6 is 0 Å². The molecule has 0 aliphatic rings. The number of aromatic nitrogens is 5. The maximum absolute atomic E-state index is 13.3. The lowest BCUT2D eigenvalue weighted by atomic mass is 10.2. The normalized spacial score (nSPS) is 12.5. The van der Waals surface area contributed by atoms with E-state index >= 15 is 0 Å². The number of ether oxygens (including phenoxy) is 2. The third-order valence-corrected chi connectivity index (χ3v) is 5.58. The number of hydrogen-bond acceptors (Lipinski definition) is 6. The quantitative estimate of drug-likeness (QED) is 0.482. The average molecular weight is 425 g/mol. The summed E-state index contributed by atoms with van der Waals surface area (Å²) in [7, 11) is 4.66. The fourth-order valence-corrected chi connectivity index (χ4v) is 3.77. The van der Waals surface area contributed by atoms with Crippen LogP contribution in [-0.4, -0.2) is 43.1 Å². The maximum Gasteiger partial charge on any atom is 0.333 e. The molecule has 1 atom stereocenters. The van der Waals surface area contributed by atoms with Crippen LogP contribution in [0.3, 0.4) is 0 Å². The van der Waals surface area contributed by atoms with Crippen molar-refractivity contribution in [1.82, 2.24) is 23.1 Å². The zero-order valence-corrected chi connectivity index (χ0v) is 18.2. The van der Waals surface area contributed by atoms with Gasteiger partial charge < -0.3 is 9.47 Å². The number of fused-ring (bicyclic) bond motifs is 3. The number of carbonyl (C=O) groups excluding carboxylic acids is 1. The Morgan fingerprint density at radius 3 is 2.48 bits per heavy atom. The molecule has 3 aromatic heterocycles. The Morgan fingerprint density at radius 1 is 1.16 bits per heavy atom. The van der Waals surface area contributed by atoms with E-state index in [-0.39, 0.29) is 16.9 Å². The van der Waals surface area contributed by atoms with Crippen LogP contribution in [0.15, 0.2) is 34.0 Å². The zero-order valence-electron chi connectivity index (χ0n) is 18.2. The molecule has 10 nitrogen and oxygen atoms in total. The Bertz CT molecular complexity index is 1470. The minimum atomic E-state index is -0.883. The van der Waals surface area contributed by atoms with Gasteiger partial charge in [0.2, 0.25) is 5.78 Å². The number of Topliss-reactive ketones (excluding diaryl/α,β-unsaturated/α-hetero) is 1. The van der Waals surface area contributed by atoms with E-state index in [9.17, 15) is 14.4 Å². The average Bonchev–Trinajstić information content (AvgIpc) is 3.26. The predicted molar refractivity (Wildman–Crippen MR) is 115 cm³/mol. The number of benzene rings is 1. The van der Waals surface area contributed by atoms with Gasteiger partial charge in [-0.25, -0.2) is 9.36 Å². The third kappa shape index (κ3) is 2.86. The second-order valence-electron chi connectivity index (χ2n) is 7.40. The number of nitrogens with zero attached hydrogens (tertiary/aromatic N) is 5. The van der Waals surface area contributed by atoms with E-state index in [4.69, 9.17) is 9.47 Å². The van der Waals surface area contributed by atoms with Gasteiger partial charge in [0.1, 0.15) is 11.5 Å². The van der Waals surface area contributed by atoms with Crippen molar-refractivity contribution in [2.75, 3.05) is 14.2 Å². The van der Waals surface area contributed by atoms with Gasteiger partial charge in [-0.05, 0) is 32.9 Å². The summed E-state index contributed by atoms with van der Waals surface area (Å²) in [5.41, 5.74) is 0.803. The molecule has 0 spiro atoms. The molecule has 0 fully saturated rings. The second kappa shape index (κ2) is 7.15. The summed E-state index contributed by atoms with van der Waals surface area (Å²) in [6, 6.07) is 4.50. The van der Waals surface area contributed by atoms with Gasteiger partial charge in [-0.3, -0.25) is 23.1 Å². The molecular weight excluding hydrogens is 402 g/mol. The monoisotopic (exact) mass is 425 g/mol. The van der Waals surface area contributed by atoms with Crippen LogP contribution in [0.25, 0.3) is 22.6 Å². The first-order valence-electron chi connectivity index (χ1n) is 9.65. The van der Waals surface area contributed by atoms with Gasteiger partial charge in [0.05, 0.1) is 25.9 Å². The first-order chi connectivity index (χ1) is 14.7. The molecule has 10 heteroatoms.